The summed E-state index contributed by atoms with van der Waals surface area (Å²) < 4.78 is 29.8. The zero-order valence-electron chi connectivity index (χ0n) is 18.4. The molecular weight excluding hydrogens is 404 g/mol. The summed E-state index contributed by atoms with van der Waals surface area (Å²) in [4.78, 5) is 23.5. The quantitative estimate of drug-likeness (QED) is 0.523. The Kier molecular flexibility index (Phi) is 8.45. The first-order valence-electron chi connectivity index (χ1n) is 11.0. The van der Waals surface area contributed by atoms with Crippen molar-refractivity contribution in [1.82, 2.24) is 20.0 Å². The number of hydrogen-bond acceptors (Lipinski definition) is 4. The highest BCUT2D eigenvalue weighted by molar-refractivity contribution is 5.82. The number of carbonyl (C=O) groups excluding carboxylic acids is 1. The Morgan fingerprint density at radius 1 is 1.13 bits per heavy atom. The predicted octanol–water partition coefficient (Wildman–Crippen LogP) is 2.03. The lowest BCUT2D eigenvalue weighted by atomic mass is 10.2. The smallest absolute Gasteiger partial charge is 0.272 e. The molecule has 2 fully saturated rings. The summed E-state index contributed by atoms with van der Waals surface area (Å²) in [5, 5.41) is 3.34. The number of rotatable bonds is 7. The van der Waals surface area contributed by atoms with Gasteiger partial charge in [-0.1, -0.05) is 12.1 Å². The fourth-order valence-corrected chi connectivity index (χ4v) is 4.10. The van der Waals surface area contributed by atoms with E-state index < -0.39 is 13.0 Å². The van der Waals surface area contributed by atoms with E-state index in [-0.39, 0.29) is 11.9 Å². The molecule has 1 aromatic carbocycles. The summed E-state index contributed by atoms with van der Waals surface area (Å²) in [6.07, 6.45) is -0.280. The largest absolute Gasteiger partial charge is 0.488 e. The standard InChI is InChI=1S/C22H33F2N5O2/c1-17(21(30)28-8-3-4-9-28)27-10-12-29(13-11-27)22(25-2)26-15-18-6-5-7-19(14-18)31-16-20(23)24/h5-7,14,17,20H,3-4,8-13,15-16H2,1-2H3,(H,25,26). The minimum absolute atomic E-state index is 0.0915. The average molecular weight is 438 g/mol. The molecule has 2 saturated heterocycles. The van der Waals surface area contributed by atoms with E-state index in [4.69, 9.17) is 4.74 Å². The summed E-state index contributed by atoms with van der Waals surface area (Å²) in [6.45, 7) is 6.86. The minimum atomic E-state index is -2.49. The molecular formula is C22H33F2N5O2. The van der Waals surface area contributed by atoms with Crippen molar-refractivity contribution < 1.29 is 18.3 Å². The SMILES string of the molecule is CN=C(NCc1cccc(OCC(F)F)c1)N1CCN(C(C)C(=O)N2CCCC2)CC1. The molecule has 2 aliphatic rings. The van der Waals surface area contributed by atoms with Crippen LogP contribution < -0.4 is 10.1 Å². The molecule has 0 aromatic heterocycles. The van der Waals surface area contributed by atoms with Crippen molar-refractivity contribution in [2.45, 2.75) is 38.8 Å². The van der Waals surface area contributed by atoms with Crippen LogP contribution in [0, 0.1) is 0 Å². The number of aliphatic imine (C=N–C) groups is 1. The van der Waals surface area contributed by atoms with Gasteiger partial charge in [-0.15, -0.1) is 0 Å². The van der Waals surface area contributed by atoms with Crippen LogP contribution in [0.2, 0.25) is 0 Å². The molecule has 1 unspecified atom stereocenters. The van der Waals surface area contributed by atoms with E-state index >= 15 is 0 Å². The zero-order valence-corrected chi connectivity index (χ0v) is 18.4. The average Bonchev–Trinajstić information content (AvgIpc) is 3.33. The van der Waals surface area contributed by atoms with Gasteiger partial charge in [0, 0.05) is 52.9 Å². The Morgan fingerprint density at radius 2 is 1.84 bits per heavy atom. The molecule has 1 N–H and O–H groups in total. The molecule has 2 aliphatic heterocycles. The molecule has 0 saturated carbocycles. The molecule has 31 heavy (non-hydrogen) atoms. The van der Waals surface area contributed by atoms with Crippen LogP contribution in [-0.4, -0.2) is 92.0 Å². The lowest BCUT2D eigenvalue weighted by molar-refractivity contribution is -0.135. The van der Waals surface area contributed by atoms with Crippen LogP contribution in [0.1, 0.15) is 25.3 Å². The highest BCUT2D eigenvalue weighted by Gasteiger charge is 2.30. The van der Waals surface area contributed by atoms with Crippen molar-refractivity contribution in [2.24, 2.45) is 4.99 Å². The minimum Gasteiger partial charge on any atom is -0.488 e. The van der Waals surface area contributed by atoms with Crippen molar-refractivity contribution in [3.8, 4) is 5.75 Å². The van der Waals surface area contributed by atoms with E-state index in [1.54, 1.807) is 25.2 Å². The monoisotopic (exact) mass is 437 g/mol. The molecule has 0 spiro atoms. The van der Waals surface area contributed by atoms with Crippen LogP contribution in [0.3, 0.4) is 0 Å². The third-order valence-electron chi connectivity index (χ3n) is 5.87. The van der Waals surface area contributed by atoms with Gasteiger partial charge in [0.2, 0.25) is 5.91 Å². The molecule has 0 radical (unpaired) electrons. The molecule has 2 heterocycles. The number of nitrogens with one attached hydrogen (secondary N) is 1. The summed E-state index contributed by atoms with van der Waals surface area (Å²) in [5.41, 5.74) is 0.927. The van der Waals surface area contributed by atoms with Gasteiger partial charge < -0.3 is 19.9 Å². The summed E-state index contributed by atoms with van der Waals surface area (Å²) in [6, 6.07) is 7.04. The number of benzene rings is 1. The zero-order chi connectivity index (χ0) is 22.2. The van der Waals surface area contributed by atoms with E-state index in [1.807, 2.05) is 17.9 Å². The van der Waals surface area contributed by atoms with Gasteiger partial charge in [0.25, 0.3) is 6.43 Å². The number of alkyl halides is 2. The second kappa shape index (κ2) is 11.3. The van der Waals surface area contributed by atoms with Gasteiger partial charge in [-0.05, 0) is 37.5 Å². The summed E-state index contributed by atoms with van der Waals surface area (Å²) in [5.74, 6) is 1.46. The van der Waals surface area contributed by atoms with Crippen molar-refractivity contribution >= 4 is 11.9 Å². The van der Waals surface area contributed by atoms with Crippen LogP contribution in [0.25, 0.3) is 0 Å². The topological polar surface area (TPSA) is 60.4 Å². The second-order valence-electron chi connectivity index (χ2n) is 7.98. The fourth-order valence-electron chi connectivity index (χ4n) is 4.10. The molecule has 0 bridgehead atoms. The Balaban J connectivity index is 1.47. The Labute approximate surface area is 183 Å². The molecule has 1 amide bonds. The highest BCUT2D eigenvalue weighted by Crippen LogP contribution is 2.16. The number of carbonyl (C=O) groups is 1. The number of piperazine rings is 1. The van der Waals surface area contributed by atoms with Crippen molar-refractivity contribution in [3.63, 3.8) is 0 Å². The first kappa shape index (κ1) is 23.2. The first-order valence-corrected chi connectivity index (χ1v) is 11.0. The lowest BCUT2D eigenvalue weighted by Gasteiger charge is -2.39. The van der Waals surface area contributed by atoms with Gasteiger partial charge >= 0.3 is 0 Å². The Hall–Kier alpha value is -2.42. The van der Waals surface area contributed by atoms with E-state index in [1.165, 1.54) is 0 Å². The first-order chi connectivity index (χ1) is 15.0. The lowest BCUT2D eigenvalue weighted by Crippen LogP contribution is -2.57. The normalized spacial score (nSPS) is 19.1. The second-order valence-corrected chi connectivity index (χ2v) is 7.98. The van der Waals surface area contributed by atoms with Crippen LogP contribution in [0.4, 0.5) is 8.78 Å². The number of nitrogens with zero attached hydrogens (tertiary/aromatic N) is 4. The van der Waals surface area contributed by atoms with Crippen LogP contribution >= 0.6 is 0 Å². The van der Waals surface area contributed by atoms with E-state index in [0.29, 0.717) is 12.3 Å². The molecule has 172 valence electrons. The summed E-state index contributed by atoms with van der Waals surface area (Å²) in [7, 11) is 1.75. The number of amides is 1. The number of likely N-dealkylation sites (tertiary alicyclic amines) is 1. The van der Waals surface area contributed by atoms with Crippen molar-refractivity contribution in [3.05, 3.63) is 29.8 Å². The van der Waals surface area contributed by atoms with Crippen molar-refractivity contribution in [1.29, 1.82) is 0 Å². The van der Waals surface area contributed by atoms with Gasteiger partial charge in [-0.3, -0.25) is 14.7 Å². The van der Waals surface area contributed by atoms with Gasteiger partial charge in [-0.2, -0.15) is 0 Å². The maximum Gasteiger partial charge on any atom is 0.272 e. The van der Waals surface area contributed by atoms with Gasteiger partial charge in [0.15, 0.2) is 5.96 Å². The fraction of sp³-hybridized carbons (Fsp3) is 0.636. The molecule has 0 aliphatic carbocycles. The van der Waals surface area contributed by atoms with Crippen LogP contribution in [0.15, 0.2) is 29.3 Å². The molecule has 1 aromatic rings. The maximum atomic E-state index is 12.7. The van der Waals surface area contributed by atoms with Gasteiger partial charge in [-0.25, -0.2) is 8.78 Å². The van der Waals surface area contributed by atoms with E-state index in [0.717, 1.165) is 63.6 Å². The van der Waals surface area contributed by atoms with Gasteiger partial charge in [0.05, 0.1) is 6.04 Å². The number of hydrogen-bond donors (Lipinski definition) is 1. The third-order valence-corrected chi connectivity index (χ3v) is 5.87. The molecule has 7 nitrogen and oxygen atoms in total. The number of ether oxygens (including phenoxy) is 1. The summed E-state index contributed by atoms with van der Waals surface area (Å²) >= 11 is 0. The predicted molar refractivity (Wildman–Crippen MR) is 117 cm³/mol. The molecule has 3 rings (SSSR count). The van der Waals surface area contributed by atoms with Crippen LogP contribution in [-0.2, 0) is 11.3 Å². The third kappa shape index (κ3) is 6.53. The highest BCUT2D eigenvalue weighted by atomic mass is 19.3. The number of halogens is 2. The van der Waals surface area contributed by atoms with Crippen molar-refractivity contribution in [2.75, 3.05) is 52.9 Å². The van der Waals surface area contributed by atoms with Gasteiger partial charge in [0.1, 0.15) is 12.4 Å². The Bertz CT molecular complexity index is 747. The molecule has 9 heteroatoms. The van der Waals surface area contributed by atoms with E-state index in [2.05, 4.69) is 20.1 Å². The number of guanidine groups is 1. The van der Waals surface area contributed by atoms with E-state index in [9.17, 15) is 13.6 Å². The Morgan fingerprint density at radius 3 is 2.48 bits per heavy atom. The maximum absolute atomic E-state index is 12.7. The van der Waals surface area contributed by atoms with Crippen LogP contribution in [0.5, 0.6) is 5.75 Å². The molecule has 1 atom stereocenters.